The molecule has 0 saturated heterocycles. The summed E-state index contributed by atoms with van der Waals surface area (Å²) in [5.41, 5.74) is 1.14. The topological polar surface area (TPSA) is 192 Å². The van der Waals surface area contributed by atoms with Gasteiger partial charge in [0.25, 0.3) is 11.8 Å². The van der Waals surface area contributed by atoms with Crippen molar-refractivity contribution in [1.29, 1.82) is 0 Å². The molecule has 4 amide bonds. The smallest absolute Gasteiger partial charge is 0.329 e. The van der Waals surface area contributed by atoms with Crippen molar-refractivity contribution in [3.63, 3.8) is 0 Å². The third kappa shape index (κ3) is 15.4. The van der Waals surface area contributed by atoms with Gasteiger partial charge >= 0.3 is 11.9 Å². The summed E-state index contributed by atoms with van der Waals surface area (Å²) in [7, 11) is 0. The summed E-state index contributed by atoms with van der Waals surface area (Å²) in [6, 6.07) is 14.8. The van der Waals surface area contributed by atoms with Crippen LogP contribution in [0.4, 0.5) is 0 Å². The molecule has 3 N–H and O–H groups in total. The molecule has 3 aromatic rings. The molecule has 15 nitrogen and oxygen atoms in total. The highest BCUT2D eigenvalue weighted by atomic mass is 16.7. The van der Waals surface area contributed by atoms with Crippen molar-refractivity contribution in [2.75, 3.05) is 19.9 Å². The zero-order valence-electron chi connectivity index (χ0n) is 35.1. The molecule has 0 aliphatic rings. The molecule has 3 atom stereocenters. The van der Waals surface area contributed by atoms with Crippen LogP contribution in [0.2, 0.25) is 0 Å². The van der Waals surface area contributed by atoms with Gasteiger partial charge in [0.05, 0.1) is 43.8 Å². The number of esters is 2. The van der Waals surface area contributed by atoms with Crippen LogP contribution in [0.5, 0.6) is 5.75 Å². The molecule has 0 fully saturated rings. The molecule has 15 heteroatoms. The number of nitrogens with zero attached hydrogens (tertiary/aromatic N) is 1. The Morgan fingerprint density at radius 1 is 0.949 bits per heavy atom. The Balaban J connectivity index is 1.71. The predicted molar refractivity (Wildman–Crippen MR) is 220 cm³/mol. The van der Waals surface area contributed by atoms with Crippen molar-refractivity contribution in [1.82, 2.24) is 21.0 Å². The number of nitrogens with one attached hydrogen (secondary N) is 3. The Kier molecular flexibility index (Phi) is 18.8. The molecule has 0 aliphatic carbocycles. The van der Waals surface area contributed by atoms with Gasteiger partial charge in [-0.15, -0.1) is 0 Å². The highest BCUT2D eigenvalue weighted by molar-refractivity contribution is 6.00. The normalized spacial score (nSPS) is 12.6. The second-order valence-corrected chi connectivity index (χ2v) is 14.9. The number of ether oxygens (including phenoxy) is 3. The van der Waals surface area contributed by atoms with Gasteiger partial charge in [-0.25, -0.2) is 9.86 Å². The van der Waals surface area contributed by atoms with E-state index in [0.29, 0.717) is 24.8 Å². The number of carbonyl (C=O) groups is 6. The maximum atomic E-state index is 13.6. The molecule has 0 radical (unpaired) electrons. The van der Waals surface area contributed by atoms with Crippen LogP contribution in [0.3, 0.4) is 0 Å². The maximum Gasteiger partial charge on any atom is 0.329 e. The fraction of sp³-hybridized carbons (Fsp3) is 0.455. The first kappa shape index (κ1) is 47.4. The van der Waals surface area contributed by atoms with Gasteiger partial charge < -0.3 is 34.6 Å². The lowest BCUT2D eigenvalue weighted by atomic mass is 9.91. The number of hydroxylamine groups is 2. The first-order valence-electron chi connectivity index (χ1n) is 19.8. The van der Waals surface area contributed by atoms with Crippen LogP contribution in [0.1, 0.15) is 107 Å². The van der Waals surface area contributed by atoms with Gasteiger partial charge in [-0.05, 0) is 77.3 Å². The van der Waals surface area contributed by atoms with Gasteiger partial charge in [0.15, 0.2) is 5.76 Å². The van der Waals surface area contributed by atoms with Crippen molar-refractivity contribution >= 4 is 36.1 Å². The van der Waals surface area contributed by atoms with Crippen LogP contribution < -0.4 is 20.7 Å². The van der Waals surface area contributed by atoms with Gasteiger partial charge in [0, 0.05) is 5.56 Å². The fourth-order valence-electron chi connectivity index (χ4n) is 5.90. The molecule has 3 rings (SSSR count). The van der Waals surface area contributed by atoms with E-state index in [9.17, 15) is 28.8 Å². The highest BCUT2D eigenvalue weighted by Gasteiger charge is 2.33. The Bertz CT molecular complexity index is 1890. The third-order valence-electron chi connectivity index (χ3n) is 8.74. The molecule has 1 aromatic heterocycles. The van der Waals surface area contributed by atoms with E-state index in [1.54, 1.807) is 65.0 Å². The minimum Gasteiger partial charge on any atom is -0.493 e. The fourth-order valence-corrected chi connectivity index (χ4v) is 5.90. The lowest BCUT2D eigenvalue weighted by Crippen LogP contribution is -2.48. The molecule has 1 heterocycles. The molecular formula is C44H58N4O11. The number of benzene rings is 2. The Labute approximate surface area is 346 Å². The second kappa shape index (κ2) is 23.4. The van der Waals surface area contributed by atoms with E-state index in [1.165, 1.54) is 17.2 Å². The molecule has 0 spiro atoms. The second-order valence-electron chi connectivity index (χ2n) is 14.9. The van der Waals surface area contributed by atoms with Crippen molar-refractivity contribution < 1.29 is 52.2 Å². The minimum absolute atomic E-state index is 0.00832. The quantitative estimate of drug-likeness (QED) is 0.0303. The molecule has 320 valence electrons. The number of amides is 4. The van der Waals surface area contributed by atoms with Crippen molar-refractivity contribution in [2.45, 2.75) is 105 Å². The molecule has 0 unspecified atom stereocenters. The number of carbonyl (C=O) groups excluding carboxylic acids is 6. The van der Waals surface area contributed by atoms with Crippen molar-refractivity contribution in [2.24, 2.45) is 5.92 Å². The third-order valence-corrected chi connectivity index (χ3v) is 8.74. The van der Waals surface area contributed by atoms with Crippen LogP contribution in [-0.2, 0) is 40.1 Å². The molecule has 2 aromatic carbocycles. The number of unbranched alkanes of at least 4 members (excludes halogenated alkanes) is 1. The van der Waals surface area contributed by atoms with E-state index in [0.717, 1.165) is 24.0 Å². The molecule has 0 bridgehead atoms. The van der Waals surface area contributed by atoms with Crippen LogP contribution in [0, 0.1) is 5.92 Å². The first-order valence-corrected chi connectivity index (χ1v) is 19.8. The lowest BCUT2D eigenvalue weighted by molar-refractivity contribution is -0.190. The molecule has 59 heavy (non-hydrogen) atoms. The Morgan fingerprint density at radius 3 is 2.31 bits per heavy atom. The van der Waals surface area contributed by atoms with E-state index in [4.69, 9.17) is 23.5 Å². The minimum atomic E-state index is -1.36. The summed E-state index contributed by atoms with van der Waals surface area (Å²) >= 11 is 0. The average molecular weight is 819 g/mol. The first-order chi connectivity index (χ1) is 28.1. The van der Waals surface area contributed by atoms with E-state index in [2.05, 4.69) is 22.5 Å². The van der Waals surface area contributed by atoms with Crippen molar-refractivity contribution in [3.8, 4) is 17.1 Å². The predicted octanol–water partition coefficient (Wildman–Crippen LogP) is 6.27. The number of rotatable bonds is 24. The molecular weight excluding hydrogens is 761 g/mol. The van der Waals surface area contributed by atoms with Crippen LogP contribution >= 0.6 is 0 Å². The zero-order valence-corrected chi connectivity index (χ0v) is 35.1. The standard InChI is InChI=1S/C44H58N4O11/c1-9-12-18-32(35(10-2)48(28-49)57-25-29(4)5)40(51)45-27-46-42(53)37-22-21-36(58-37)31-19-20-33(38(23-31)55-11-3)41(52)47-34(43(54)59-44(6,7)8)24-39(50)56-26-30-16-14-13-15-17-30/h13-17,19-23,28,32,34-35H,4,9-12,18,24-27H2,1-3,5-8H3,(H,45,51)(H,46,53)(H,47,52)/t32-,34+,35-/m1/s1. The van der Waals surface area contributed by atoms with Gasteiger partial charge in [0.1, 0.15) is 29.8 Å². The zero-order chi connectivity index (χ0) is 43.5. The lowest BCUT2D eigenvalue weighted by Gasteiger charge is -2.32. The SMILES string of the molecule is C=C(C)CON(C=O)[C@H](CC)[C@@H](CCCC)C(=O)NCNC(=O)c1ccc(-c2ccc(C(=O)N[C@@H](CC(=O)OCc3ccccc3)C(=O)OC(C)(C)C)c(OCC)c2)o1. The summed E-state index contributed by atoms with van der Waals surface area (Å²) < 4.78 is 22.5. The summed E-state index contributed by atoms with van der Waals surface area (Å²) in [6.07, 6.45) is 2.66. The summed E-state index contributed by atoms with van der Waals surface area (Å²) in [5.74, 6) is -3.34. The molecule has 0 saturated carbocycles. The van der Waals surface area contributed by atoms with Gasteiger partial charge in [-0.3, -0.25) is 28.8 Å². The van der Waals surface area contributed by atoms with Crippen LogP contribution in [0.25, 0.3) is 11.3 Å². The molecule has 0 aliphatic heterocycles. The average Bonchev–Trinajstić information content (AvgIpc) is 3.70. The van der Waals surface area contributed by atoms with E-state index >= 15 is 0 Å². The van der Waals surface area contributed by atoms with E-state index in [1.807, 2.05) is 32.0 Å². The monoisotopic (exact) mass is 818 g/mol. The summed E-state index contributed by atoms with van der Waals surface area (Å²) in [5, 5.41) is 9.15. The van der Waals surface area contributed by atoms with Gasteiger partial charge in [-0.1, -0.05) is 75.2 Å². The van der Waals surface area contributed by atoms with E-state index < -0.39 is 53.8 Å². The van der Waals surface area contributed by atoms with Crippen LogP contribution in [0.15, 0.2) is 77.2 Å². The Hall–Kier alpha value is -5.96. The maximum absolute atomic E-state index is 13.6. The van der Waals surface area contributed by atoms with Gasteiger partial charge in [0.2, 0.25) is 12.3 Å². The van der Waals surface area contributed by atoms with Crippen molar-refractivity contribution in [3.05, 3.63) is 89.7 Å². The number of hydrogen-bond donors (Lipinski definition) is 3. The number of furan rings is 1. The largest absolute Gasteiger partial charge is 0.493 e. The van der Waals surface area contributed by atoms with Crippen LogP contribution in [-0.4, -0.2) is 78.7 Å². The van der Waals surface area contributed by atoms with Gasteiger partial charge in [-0.2, -0.15) is 0 Å². The summed E-state index contributed by atoms with van der Waals surface area (Å²) in [6.45, 7) is 16.3. The van der Waals surface area contributed by atoms with E-state index in [-0.39, 0.29) is 55.2 Å². The number of hydrogen-bond acceptors (Lipinski definition) is 11. The highest BCUT2D eigenvalue weighted by Crippen LogP contribution is 2.30. The Morgan fingerprint density at radius 2 is 1.68 bits per heavy atom. The summed E-state index contributed by atoms with van der Waals surface area (Å²) in [4.78, 5) is 83.5.